The van der Waals surface area contributed by atoms with E-state index >= 15 is 0 Å². The van der Waals surface area contributed by atoms with Crippen molar-refractivity contribution in [3.05, 3.63) is 76.7 Å². The van der Waals surface area contributed by atoms with Crippen LogP contribution in [0.25, 0.3) is 6.08 Å². The zero-order valence-electron chi connectivity index (χ0n) is 16.0. The first-order valence-electron chi connectivity index (χ1n) is 8.89. The van der Waals surface area contributed by atoms with E-state index in [-0.39, 0.29) is 6.54 Å². The number of hydrogen-bond donors (Lipinski definition) is 1. The predicted octanol–water partition coefficient (Wildman–Crippen LogP) is 4.32. The summed E-state index contributed by atoms with van der Waals surface area (Å²) in [7, 11) is 1.55. The number of carbonyl (C=O) groups is 3. The molecule has 0 unspecified atom stereocenters. The van der Waals surface area contributed by atoms with Crippen molar-refractivity contribution in [3.63, 3.8) is 0 Å². The van der Waals surface area contributed by atoms with E-state index in [4.69, 9.17) is 4.74 Å². The van der Waals surface area contributed by atoms with Crippen molar-refractivity contribution in [1.29, 1.82) is 0 Å². The Bertz CT molecular complexity index is 982. The third-order valence-corrected chi connectivity index (χ3v) is 5.01. The molecule has 1 N–H and O–H groups in total. The normalized spacial score (nSPS) is 15.7. The van der Waals surface area contributed by atoms with Gasteiger partial charge in [-0.25, -0.2) is 0 Å². The van der Waals surface area contributed by atoms with Gasteiger partial charge in [-0.1, -0.05) is 36.4 Å². The number of nitrogens with one attached hydrogen (secondary N) is 1. The van der Waals surface area contributed by atoms with Gasteiger partial charge in [0, 0.05) is 5.69 Å². The number of rotatable bonds is 6. The van der Waals surface area contributed by atoms with Gasteiger partial charge < -0.3 is 10.1 Å². The molecule has 0 atom stereocenters. The monoisotopic (exact) mass is 408 g/mol. The maximum absolute atomic E-state index is 12.6. The van der Waals surface area contributed by atoms with Crippen molar-refractivity contribution in [1.82, 2.24) is 4.90 Å². The van der Waals surface area contributed by atoms with E-state index in [1.165, 1.54) is 0 Å². The average Bonchev–Trinajstić information content (AvgIpc) is 2.96. The van der Waals surface area contributed by atoms with Crippen molar-refractivity contribution in [3.8, 4) is 5.75 Å². The highest BCUT2D eigenvalue weighted by molar-refractivity contribution is 8.18. The van der Waals surface area contributed by atoms with Crippen LogP contribution < -0.4 is 10.1 Å². The summed E-state index contributed by atoms with van der Waals surface area (Å²) in [6, 6.07) is 16.5. The lowest BCUT2D eigenvalue weighted by molar-refractivity contribution is -0.127. The van der Waals surface area contributed by atoms with Crippen molar-refractivity contribution >= 4 is 40.6 Å². The Morgan fingerprint density at radius 2 is 1.79 bits per heavy atom. The highest BCUT2D eigenvalue weighted by atomic mass is 32.2. The van der Waals surface area contributed by atoms with Crippen LogP contribution in [0.2, 0.25) is 0 Å². The zero-order chi connectivity index (χ0) is 20.8. The molecular weight excluding hydrogens is 388 g/mol. The van der Waals surface area contributed by atoms with Gasteiger partial charge in [-0.3, -0.25) is 19.3 Å². The predicted molar refractivity (Wildman–Crippen MR) is 114 cm³/mol. The molecule has 0 aromatic heterocycles. The van der Waals surface area contributed by atoms with E-state index in [2.05, 4.69) is 5.32 Å². The summed E-state index contributed by atoms with van der Waals surface area (Å²) in [6.07, 6.45) is 3.59. The molecule has 6 nitrogen and oxygen atoms in total. The van der Waals surface area contributed by atoms with E-state index in [0.717, 1.165) is 27.8 Å². The molecule has 3 amide bonds. The summed E-state index contributed by atoms with van der Waals surface area (Å²) in [5.41, 5.74) is 2.39. The number of allylic oxidation sites excluding steroid dienone is 2. The molecule has 1 aliphatic heterocycles. The number of thioether (sulfide) groups is 1. The maximum Gasteiger partial charge on any atom is 0.294 e. The lowest BCUT2D eigenvalue weighted by Crippen LogP contribution is -2.36. The molecule has 1 saturated heterocycles. The van der Waals surface area contributed by atoms with Gasteiger partial charge >= 0.3 is 0 Å². The minimum absolute atomic E-state index is 0.303. The minimum atomic E-state index is -0.467. The fourth-order valence-electron chi connectivity index (χ4n) is 2.72. The highest BCUT2D eigenvalue weighted by Crippen LogP contribution is 2.31. The highest BCUT2D eigenvalue weighted by Gasteiger charge is 2.36. The Balaban J connectivity index is 1.65. The molecule has 1 fully saturated rings. The van der Waals surface area contributed by atoms with Gasteiger partial charge in [0.2, 0.25) is 5.91 Å². The van der Waals surface area contributed by atoms with Crippen molar-refractivity contribution in [2.75, 3.05) is 19.0 Å². The summed E-state index contributed by atoms with van der Waals surface area (Å²) >= 11 is 0.835. The number of nitrogens with zero attached hydrogens (tertiary/aromatic N) is 1. The second-order valence-corrected chi connectivity index (χ2v) is 7.34. The maximum atomic E-state index is 12.6. The second-order valence-electron chi connectivity index (χ2n) is 6.34. The minimum Gasteiger partial charge on any atom is -0.497 e. The summed E-state index contributed by atoms with van der Waals surface area (Å²) in [5.74, 6) is -0.251. The van der Waals surface area contributed by atoms with Crippen LogP contribution >= 0.6 is 11.8 Å². The van der Waals surface area contributed by atoms with Crippen LogP contribution in [0, 0.1) is 0 Å². The molecule has 0 saturated carbocycles. The Kier molecular flexibility index (Phi) is 6.51. The van der Waals surface area contributed by atoms with Gasteiger partial charge in [-0.15, -0.1) is 0 Å². The molecule has 2 aromatic carbocycles. The number of methoxy groups -OCH3 is 1. The number of hydrogen-bond acceptors (Lipinski definition) is 5. The van der Waals surface area contributed by atoms with Crippen molar-refractivity contribution < 1.29 is 19.1 Å². The van der Waals surface area contributed by atoms with Crippen molar-refractivity contribution in [2.24, 2.45) is 0 Å². The molecule has 1 heterocycles. The van der Waals surface area contributed by atoms with E-state index < -0.39 is 17.1 Å². The molecule has 1 aliphatic rings. The van der Waals surface area contributed by atoms with Gasteiger partial charge in [0.1, 0.15) is 12.3 Å². The lowest BCUT2D eigenvalue weighted by Gasteiger charge is -2.12. The smallest absolute Gasteiger partial charge is 0.294 e. The van der Waals surface area contributed by atoms with Gasteiger partial charge in [-0.05, 0) is 60.2 Å². The van der Waals surface area contributed by atoms with Crippen LogP contribution in [0.4, 0.5) is 10.5 Å². The number of ether oxygens (including phenoxy) is 1. The van der Waals surface area contributed by atoms with Crippen molar-refractivity contribution in [2.45, 2.75) is 6.92 Å². The molecule has 2 aromatic rings. The topological polar surface area (TPSA) is 75.7 Å². The number of benzene rings is 2. The van der Waals surface area contributed by atoms with Gasteiger partial charge in [0.25, 0.3) is 11.1 Å². The Morgan fingerprint density at radius 3 is 2.45 bits per heavy atom. The fraction of sp³-hybridized carbons (Fsp3) is 0.136. The number of amides is 3. The summed E-state index contributed by atoms with van der Waals surface area (Å²) < 4.78 is 5.07. The van der Waals surface area contributed by atoms with E-state index in [1.807, 2.05) is 43.3 Å². The quantitative estimate of drug-likeness (QED) is 0.721. The molecular formula is C22H20N2O4S. The van der Waals surface area contributed by atoms with Crippen LogP contribution in [0.15, 0.2) is 71.2 Å². The van der Waals surface area contributed by atoms with Crippen LogP contribution in [-0.2, 0) is 9.59 Å². The first kappa shape index (κ1) is 20.4. The SMILES string of the molecule is COc1ccc(NC(=O)CN2C(=O)S/C(=C\C(C)=C\c3ccccc3)C2=O)cc1. The third-order valence-electron chi connectivity index (χ3n) is 4.10. The largest absolute Gasteiger partial charge is 0.497 e. The molecule has 0 radical (unpaired) electrons. The standard InChI is InChI=1S/C22H20N2O4S/c1-15(12-16-6-4-3-5-7-16)13-19-21(26)24(22(27)29-19)14-20(25)23-17-8-10-18(28-2)11-9-17/h3-13H,14H2,1-2H3,(H,23,25)/b15-12+,19-13-. The van der Waals surface area contributed by atoms with Crippen LogP contribution in [-0.4, -0.2) is 35.6 Å². The Hall–Kier alpha value is -3.32. The number of anilines is 1. The van der Waals surface area contributed by atoms with Gasteiger partial charge in [0.05, 0.1) is 12.0 Å². The molecule has 148 valence electrons. The van der Waals surface area contributed by atoms with Gasteiger partial charge in [0.15, 0.2) is 0 Å². The van der Waals surface area contributed by atoms with E-state index in [1.54, 1.807) is 37.5 Å². The molecule has 0 bridgehead atoms. The fourth-order valence-corrected chi connectivity index (χ4v) is 3.60. The average molecular weight is 408 g/mol. The summed E-state index contributed by atoms with van der Waals surface area (Å²) in [4.78, 5) is 38.3. The first-order valence-corrected chi connectivity index (χ1v) is 9.70. The first-order chi connectivity index (χ1) is 14.0. The Morgan fingerprint density at radius 1 is 1.10 bits per heavy atom. The number of imide groups is 1. The van der Waals surface area contributed by atoms with E-state index in [0.29, 0.717) is 16.3 Å². The third kappa shape index (κ3) is 5.36. The summed E-state index contributed by atoms with van der Waals surface area (Å²) in [6.45, 7) is 1.52. The summed E-state index contributed by atoms with van der Waals surface area (Å²) in [5, 5.41) is 2.21. The molecule has 3 rings (SSSR count). The molecule has 29 heavy (non-hydrogen) atoms. The molecule has 0 aliphatic carbocycles. The molecule has 0 spiro atoms. The van der Waals surface area contributed by atoms with Crippen LogP contribution in [0.1, 0.15) is 12.5 Å². The zero-order valence-corrected chi connectivity index (χ0v) is 16.9. The molecule has 7 heteroatoms. The van der Waals surface area contributed by atoms with Gasteiger partial charge in [-0.2, -0.15) is 0 Å². The van der Waals surface area contributed by atoms with E-state index in [9.17, 15) is 14.4 Å². The van der Waals surface area contributed by atoms with Crippen LogP contribution in [0.5, 0.6) is 5.75 Å². The Labute approximate surface area is 173 Å². The second kappa shape index (κ2) is 9.25. The number of carbonyl (C=O) groups excluding carboxylic acids is 3. The lowest BCUT2D eigenvalue weighted by atomic mass is 10.1. The van der Waals surface area contributed by atoms with Crippen LogP contribution in [0.3, 0.4) is 0 Å².